The standard InChI is InChI=1S/C7H13Cl3Si/c1-11(9,10)7-4-2-3-6(8)5-7/h6-7H,2-5H2,1H3. The van der Waals surface area contributed by atoms with E-state index in [1.54, 1.807) is 0 Å². The normalized spacial score (nSPS) is 33.8. The molecule has 0 amide bonds. The van der Waals surface area contributed by atoms with Crippen molar-refractivity contribution in [2.45, 2.75) is 43.1 Å². The Kier molecular flexibility index (Phi) is 3.57. The number of hydrogen-bond acceptors (Lipinski definition) is 0. The van der Waals surface area contributed by atoms with E-state index in [0.29, 0.717) is 10.9 Å². The molecule has 2 atom stereocenters. The van der Waals surface area contributed by atoms with Gasteiger partial charge in [-0.05, 0) is 24.9 Å². The molecule has 0 nitrogen and oxygen atoms in total. The van der Waals surface area contributed by atoms with Gasteiger partial charge in [0.05, 0.1) is 0 Å². The predicted molar refractivity (Wildman–Crippen MR) is 55.2 cm³/mol. The van der Waals surface area contributed by atoms with E-state index in [-0.39, 0.29) is 0 Å². The summed E-state index contributed by atoms with van der Waals surface area (Å²) < 4.78 is 0. The lowest BCUT2D eigenvalue weighted by molar-refractivity contribution is 0.505. The van der Waals surface area contributed by atoms with Gasteiger partial charge in [-0.25, -0.2) is 0 Å². The summed E-state index contributed by atoms with van der Waals surface area (Å²) in [5, 5.41) is 0.318. The van der Waals surface area contributed by atoms with Crippen LogP contribution in [0.5, 0.6) is 0 Å². The van der Waals surface area contributed by atoms with Crippen LogP contribution in [0.4, 0.5) is 0 Å². The van der Waals surface area contributed by atoms with E-state index >= 15 is 0 Å². The lowest BCUT2D eigenvalue weighted by Crippen LogP contribution is -2.28. The van der Waals surface area contributed by atoms with Crippen molar-refractivity contribution in [1.29, 1.82) is 0 Å². The first-order valence-corrected chi connectivity index (χ1v) is 9.06. The minimum atomic E-state index is -1.94. The van der Waals surface area contributed by atoms with Gasteiger partial charge in [0.1, 0.15) is 0 Å². The Hall–Kier alpha value is 1.09. The first-order valence-electron chi connectivity index (χ1n) is 4.02. The molecule has 11 heavy (non-hydrogen) atoms. The summed E-state index contributed by atoms with van der Waals surface area (Å²) in [4.78, 5) is 0. The summed E-state index contributed by atoms with van der Waals surface area (Å²) in [7, 11) is 0. The van der Waals surface area contributed by atoms with Crippen LogP contribution in [0.2, 0.25) is 12.1 Å². The first-order chi connectivity index (χ1) is 5.00. The molecular weight excluding hydrogens is 219 g/mol. The first kappa shape index (κ1) is 10.2. The molecule has 0 saturated heterocycles. The zero-order chi connectivity index (χ0) is 8.48. The third-order valence-electron chi connectivity index (χ3n) is 2.33. The zero-order valence-electron chi connectivity index (χ0n) is 6.62. The van der Waals surface area contributed by atoms with Gasteiger partial charge in [0.25, 0.3) is 6.69 Å². The number of rotatable bonds is 1. The molecule has 1 aliphatic carbocycles. The molecule has 1 fully saturated rings. The molecule has 0 N–H and O–H groups in total. The highest BCUT2D eigenvalue weighted by molar-refractivity contribution is 7.45. The number of alkyl halides is 1. The van der Waals surface area contributed by atoms with Crippen LogP contribution in [0.1, 0.15) is 25.7 Å². The second-order valence-corrected chi connectivity index (χ2v) is 12.1. The maximum absolute atomic E-state index is 6.12. The molecule has 0 aliphatic heterocycles. The molecule has 1 saturated carbocycles. The van der Waals surface area contributed by atoms with Crippen molar-refractivity contribution in [3.63, 3.8) is 0 Å². The van der Waals surface area contributed by atoms with E-state index in [2.05, 4.69) is 0 Å². The molecule has 0 radical (unpaired) electrons. The highest BCUT2D eigenvalue weighted by Gasteiger charge is 2.36. The van der Waals surface area contributed by atoms with Crippen LogP contribution in [0.25, 0.3) is 0 Å². The molecule has 1 rings (SSSR count). The summed E-state index contributed by atoms with van der Waals surface area (Å²) in [6, 6.07) is 0. The highest BCUT2D eigenvalue weighted by atomic mass is 35.7. The van der Waals surface area contributed by atoms with Crippen molar-refractivity contribution < 1.29 is 0 Å². The predicted octanol–water partition coefficient (Wildman–Crippen LogP) is 4.09. The van der Waals surface area contributed by atoms with E-state index in [4.69, 9.17) is 33.8 Å². The SMILES string of the molecule is C[Si](Cl)(Cl)C1CCCC(Cl)C1. The van der Waals surface area contributed by atoms with Crippen LogP contribution in [-0.2, 0) is 0 Å². The van der Waals surface area contributed by atoms with E-state index in [1.807, 2.05) is 6.55 Å². The monoisotopic (exact) mass is 230 g/mol. The van der Waals surface area contributed by atoms with Crippen LogP contribution in [0.3, 0.4) is 0 Å². The topological polar surface area (TPSA) is 0 Å². The van der Waals surface area contributed by atoms with Crippen LogP contribution in [-0.4, -0.2) is 12.1 Å². The van der Waals surface area contributed by atoms with Gasteiger partial charge in [0, 0.05) is 5.38 Å². The van der Waals surface area contributed by atoms with Gasteiger partial charge >= 0.3 is 0 Å². The van der Waals surface area contributed by atoms with Crippen molar-refractivity contribution in [3.05, 3.63) is 0 Å². The Morgan fingerprint density at radius 3 is 2.27 bits per heavy atom. The molecule has 0 aromatic rings. The molecule has 0 aromatic heterocycles. The Balaban J connectivity index is 2.46. The second kappa shape index (κ2) is 3.86. The summed E-state index contributed by atoms with van der Waals surface area (Å²) in [6.07, 6.45) is 4.54. The van der Waals surface area contributed by atoms with Crippen molar-refractivity contribution in [2.75, 3.05) is 0 Å². The Morgan fingerprint density at radius 2 is 1.91 bits per heavy atom. The molecule has 0 bridgehead atoms. The van der Waals surface area contributed by atoms with Gasteiger partial charge in [-0.3, -0.25) is 0 Å². The van der Waals surface area contributed by atoms with Crippen LogP contribution in [0.15, 0.2) is 0 Å². The molecule has 0 spiro atoms. The fraction of sp³-hybridized carbons (Fsp3) is 1.00. The molecular formula is C7H13Cl3Si. The fourth-order valence-corrected chi connectivity index (χ4v) is 4.71. The van der Waals surface area contributed by atoms with Crippen molar-refractivity contribution in [2.24, 2.45) is 0 Å². The maximum Gasteiger partial charge on any atom is 0.251 e. The average Bonchev–Trinajstić information content (AvgIpc) is 1.86. The van der Waals surface area contributed by atoms with Crippen LogP contribution in [0, 0.1) is 0 Å². The summed E-state index contributed by atoms with van der Waals surface area (Å²) in [5.74, 6) is 0. The third-order valence-corrected chi connectivity index (χ3v) is 6.53. The summed E-state index contributed by atoms with van der Waals surface area (Å²) in [6.45, 7) is 0.0576. The van der Waals surface area contributed by atoms with Crippen LogP contribution < -0.4 is 0 Å². The summed E-state index contributed by atoms with van der Waals surface area (Å²) in [5.41, 5.74) is 0.516. The van der Waals surface area contributed by atoms with Gasteiger partial charge in [-0.2, -0.15) is 0 Å². The Bertz CT molecular complexity index is 132. The Labute approximate surface area is 83.6 Å². The number of hydrogen-bond donors (Lipinski definition) is 0. The van der Waals surface area contributed by atoms with E-state index in [1.165, 1.54) is 12.8 Å². The van der Waals surface area contributed by atoms with Crippen molar-refractivity contribution in [3.8, 4) is 0 Å². The average molecular weight is 232 g/mol. The van der Waals surface area contributed by atoms with E-state index in [9.17, 15) is 0 Å². The Morgan fingerprint density at radius 1 is 1.27 bits per heavy atom. The maximum atomic E-state index is 6.12. The second-order valence-electron chi connectivity index (χ2n) is 3.42. The van der Waals surface area contributed by atoms with Gasteiger partial charge in [-0.15, -0.1) is 33.8 Å². The van der Waals surface area contributed by atoms with E-state index < -0.39 is 6.69 Å². The fourth-order valence-electron chi connectivity index (χ4n) is 1.59. The molecule has 2 unspecified atom stereocenters. The van der Waals surface area contributed by atoms with Gasteiger partial charge in [-0.1, -0.05) is 12.8 Å². The number of halogens is 3. The van der Waals surface area contributed by atoms with Gasteiger partial charge < -0.3 is 0 Å². The minimum Gasteiger partial charge on any atom is -0.146 e. The van der Waals surface area contributed by atoms with Gasteiger partial charge in [0.2, 0.25) is 0 Å². The van der Waals surface area contributed by atoms with E-state index in [0.717, 1.165) is 12.8 Å². The van der Waals surface area contributed by atoms with Crippen LogP contribution >= 0.6 is 33.8 Å². The van der Waals surface area contributed by atoms with Crippen molar-refractivity contribution >= 4 is 40.5 Å². The van der Waals surface area contributed by atoms with Crippen molar-refractivity contribution in [1.82, 2.24) is 0 Å². The largest absolute Gasteiger partial charge is 0.251 e. The smallest absolute Gasteiger partial charge is 0.146 e. The lowest BCUT2D eigenvalue weighted by Gasteiger charge is -2.30. The molecule has 4 heteroatoms. The third kappa shape index (κ3) is 3.14. The molecule has 0 heterocycles. The lowest BCUT2D eigenvalue weighted by atomic mass is 10.00. The van der Waals surface area contributed by atoms with Gasteiger partial charge in [0.15, 0.2) is 0 Å². The molecule has 0 aromatic carbocycles. The highest BCUT2D eigenvalue weighted by Crippen LogP contribution is 2.42. The summed E-state index contributed by atoms with van der Waals surface area (Å²) >= 11 is 18.3. The molecule has 66 valence electrons. The molecule has 1 aliphatic rings. The zero-order valence-corrected chi connectivity index (χ0v) is 9.88. The quantitative estimate of drug-likeness (QED) is 0.362. The minimum absolute atomic E-state index is 0.318.